The molecule has 1 N–H and O–H groups in total. The molecule has 1 aliphatic rings. The van der Waals surface area contributed by atoms with Crippen molar-refractivity contribution in [1.29, 1.82) is 5.41 Å². The second-order valence-corrected chi connectivity index (χ2v) is 3.99. The second-order valence-electron chi connectivity index (χ2n) is 3.99. The quantitative estimate of drug-likeness (QED) is 0.418. The first-order valence-electron chi connectivity index (χ1n) is 5.66. The summed E-state index contributed by atoms with van der Waals surface area (Å²) in [7, 11) is 1.58. The van der Waals surface area contributed by atoms with Gasteiger partial charge in [-0.05, 0) is 45.3 Å². The van der Waals surface area contributed by atoms with Gasteiger partial charge in [-0.1, -0.05) is 6.42 Å². The Morgan fingerprint density at radius 2 is 1.93 bits per heavy atom. The third-order valence-corrected chi connectivity index (χ3v) is 2.82. The number of methoxy groups -OCH3 is 1. The van der Waals surface area contributed by atoms with E-state index in [1.807, 2.05) is 0 Å². The lowest BCUT2D eigenvalue weighted by Gasteiger charge is -2.26. The SMILES string of the molecule is COC(=N)CCCCN1CCCCC1. The molecule has 0 aliphatic carbocycles. The van der Waals surface area contributed by atoms with Crippen molar-refractivity contribution in [2.45, 2.75) is 38.5 Å². The molecule has 0 aromatic carbocycles. The van der Waals surface area contributed by atoms with E-state index in [9.17, 15) is 0 Å². The lowest BCUT2D eigenvalue weighted by molar-refractivity contribution is 0.224. The van der Waals surface area contributed by atoms with E-state index >= 15 is 0 Å². The van der Waals surface area contributed by atoms with Gasteiger partial charge < -0.3 is 9.64 Å². The molecule has 1 rings (SSSR count). The molecule has 1 heterocycles. The monoisotopic (exact) mass is 198 g/mol. The molecule has 82 valence electrons. The van der Waals surface area contributed by atoms with Crippen molar-refractivity contribution in [3.05, 3.63) is 0 Å². The summed E-state index contributed by atoms with van der Waals surface area (Å²) < 4.78 is 4.81. The van der Waals surface area contributed by atoms with Crippen molar-refractivity contribution in [2.75, 3.05) is 26.7 Å². The van der Waals surface area contributed by atoms with Gasteiger partial charge in [0, 0.05) is 6.42 Å². The van der Waals surface area contributed by atoms with Gasteiger partial charge in [-0.2, -0.15) is 0 Å². The molecule has 0 bridgehead atoms. The summed E-state index contributed by atoms with van der Waals surface area (Å²) in [4.78, 5) is 2.54. The minimum absolute atomic E-state index is 0.420. The molecule has 1 fully saturated rings. The van der Waals surface area contributed by atoms with Crippen LogP contribution in [0.15, 0.2) is 0 Å². The highest BCUT2D eigenvalue weighted by Crippen LogP contribution is 2.09. The number of likely N-dealkylation sites (tertiary alicyclic amines) is 1. The number of piperidine rings is 1. The predicted octanol–water partition coefficient (Wildman–Crippen LogP) is 2.27. The van der Waals surface area contributed by atoms with Gasteiger partial charge in [0.15, 0.2) is 5.90 Å². The zero-order valence-electron chi connectivity index (χ0n) is 9.22. The van der Waals surface area contributed by atoms with Crippen LogP contribution in [0.1, 0.15) is 38.5 Å². The van der Waals surface area contributed by atoms with E-state index in [4.69, 9.17) is 10.1 Å². The number of hydrogen-bond acceptors (Lipinski definition) is 3. The van der Waals surface area contributed by atoms with Crippen LogP contribution in [0.25, 0.3) is 0 Å². The highest BCUT2D eigenvalue weighted by Gasteiger charge is 2.08. The Morgan fingerprint density at radius 1 is 1.21 bits per heavy atom. The second kappa shape index (κ2) is 6.82. The van der Waals surface area contributed by atoms with Crippen molar-refractivity contribution in [3.8, 4) is 0 Å². The first kappa shape index (κ1) is 11.5. The maximum atomic E-state index is 7.32. The van der Waals surface area contributed by atoms with Crippen LogP contribution in [-0.2, 0) is 4.74 Å². The van der Waals surface area contributed by atoms with E-state index in [0.717, 1.165) is 12.8 Å². The zero-order chi connectivity index (χ0) is 10.2. The van der Waals surface area contributed by atoms with Crippen LogP contribution in [-0.4, -0.2) is 37.5 Å². The van der Waals surface area contributed by atoms with Gasteiger partial charge in [-0.3, -0.25) is 5.41 Å². The minimum Gasteiger partial charge on any atom is -0.484 e. The van der Waals surface area contributed by atoms with Gasteiger partial charge in [0.1, 0.15) is 0 Å². The molecule has 0 aromatic rings. The normalized spacial score (nSPS) is 18.1. The fourth-order valence-electron chi connectivity index (χ4n) is 1.91. The molecule has 0 unspecified atom stereocenters. The summed E-state index contributed by atoms with van der Waals surface area (Å²) in [5.74, 6) is 0.420. The van der Waals surface area contributed by atoms with E-state index in [1.54, 1.807) is 7.11 Å². The lowest BCUT2D eigenvalue weighted by Crippen LogP contribution is -2.30. The fraction of sp³-hybridized carbons (Fsp3) is 0.909. The molecular weight excluding hydrogens is 176 g/mol. The van der Waals surface area contributed by atoms with Crippen molar-refractivity contribution < 1.29 is 4.74 Å². The molecule has 0 amide bonds. The average Bonchev–Trinajstić information content (AvgIpc) is 2.25. The summed E-state index contributed by atoms with van der Waals surface area (Å²) in [5, 5.41) is 7.32. The average molecular weight is 198 g/mol. The number of ether oxygens (including phenoxy) is 1. The van der Waals surface area contributed by atoms with Crippen LogP contribution >= 0.6 is 0 Å². The zero-order valence-corrected chi connectivity index (χ0v) is 9.22. The van der Waals surface area contributed by atoms with Gasteiger partial charge in [0.2, 0.25) is 0 Å². The molecule has 3 heteroatoms. The topological polar surface area (TPSA) is 36.3 Å². The summed E-state index contributed by atoms with van der Waals surface area (Å²) in [5.41, 5.74) is 0. The fourth-order valence-corrected chi connectivity index (χ4v) is 1.91. The number of unbranched alkanes of at least 4 members (excludes halogenated alkanes) is 1. The maximum absolute atomic E-state index is 7.32. The molecule has 0 atom stereocenters. The van der Waals surface area contributed by atoms with Gasteiger partial charge in [-0.15, -0.1) is 0 Å². The van der Waals surface area contributed by atoms with Crippen molar-refractivity contribution >= 4 is 5.90 Å². The van der Waals surface area contributed by atoms with Crippen molar-refractivity contribution in [1.82, 2.24) is 4.90 Å². The molecule has 0 radical (unpaired) electrons. The minimum atomic E-state index is 0.420. The Bertz CT molecular complexity index is 165. The molecule has 0 spiro atoms. The first-order valence-corrected chi connectivity index (χ1v) is 5.66. The van der Waals surface area contributed by atoms with E-state index < -0.39 is 0 Å². The number of nitrogens with one attached hydrogen (secondary N) is 1. The van der Waals surface area contributed by atoms with Gasteiger partial charge in [-0.25, -0.2) is 0 Å². The largest absolute Gasteiger partial charge is 0.484 e. The van der Waals surface area contributed by atoms with Crippen molar-refractivity contribution in [3.63, 3.8) is 0 Å². The Kier molecular flexibility index (Phi) is 5.60. The Balaban J connectivity index is 1.94. The molecule has 14 heavy (non-hydrogen) atoms. The maximum Gasteiger partial charge on any atom is 0.180 e. The van der Waals surface area contributed by atoms with Crippen LogP contribution < -0.4 is 0 Å². The van der Waals surface area contributed by atoms with E-state index in [2.05, 4.69) is 4.90 Å². The predicted molar refractivity (Wildman–Crippen MR) is 58.9 cm³/mol. The van der Waals surface area contributed by atoms with E-state index in [-0.39, 0.29) is 0 Å². The van der Waals surface area contributed by atoms with Crippen LogP contribution in [0.5, 0.6) is 0 Å². The molecule has 1 aliphatic heterocycles. The van der Waals surface area contributed by atoms with E-state index in [1.165, 1.54) is 45.3 Å². The molecule has 0 saturated carbocycles. The molecule has 3 nitrogen and oxygen atoms in total. The Hall–Kier alpha value is -0.570. The third kappa shape index (κ3) is 4.61. The van der Waals surface area contributed by atoms with Gasteiger partial charge in [0.05, 0.1) is 7.11 Å². The smallest absolute Gasteiger partial charge is 0.180 e. The summed E-state index contributed by atoms with van der Waals surface area (Å²) in [6, 6.07) is 0. The Labute approximate surface area is 86.9 Å². The summed E-state index contributed by atoms with van der Waals surface area (Å²) >= 11 is 0. The van der Waals surface area contributed by atoms with Crippen LogP contribution in [0.3, 0.4) is 0 Å². The number of hydrogen-bond donors (Lipinski definition) is 1. The summed E-state index contributed by atoms with van der Waals surface area (Å²) in [6.07, 6.45) is 7.23. The molecule has 1 saturated heterocycles. The van der Waals surface area contributed by atoms with Crippen LogP contribution in [0.2, 0.25) is 0 Å². The third-order valence-electron chi connectivity index (χ3n) is 2.82. The van der Waals surface area contributed by atoms with Crippen LogP contribution in [0, 0.1) is 5.41 Å². The van der Waals surface area contributed by atoms with Crippen molar-refractivity contribution in [2.24, 2.45) is 0 Å². The standard InChI is InChI=1S/C11H22N2O/c1-14-11(12)7-3-6-10-13-8-4-2-5-9-13/h12H,2-10H2,1H3. The lowest BCUT2D eigenvalue weighted by atomic mass is 10.1. The van der Waals surface area contributed by atoms with Gasteiger partial charge in [0.25, 0.3) is 0 Å². The first-order chi connectivity index (χ1) is 6.83. The Morgan fingerprint density at radius 3 is 2.57 bits per heavy atom. The van der Waals surface area contributed by atoms with Gasteiger partial charge >= 0.3 is 0 Å². The summed E-state index contributed by atoms with van der Waals surface area (Å²) in [6.45, 7) is 3.76. The number of rotatable bonds is 5. The van der Waals surface area contributed by atoms with E-state index in [0.29, 0.717) is 5.90 Å². The highest BCUT2D eigenvalue weighted by molar-refractivity contribution is 5.72. The number of nitrogens with zero attached hydrogens (tertiary/aromatic N) is 1. The van der Waals surface area contributed by atoms with Crippen LogP contribution in [0.4, 0.5) is 0 Å². The molecule has 0 aromatic heterocycles. The highest BCUT2D eigenvalue weighted by atomic mass is 16.5. The molecular formula is C11H22N2O.